The molecule has 1 atom stereocenters. The van der Waals surface area contributed by atoms with Gasteiger partial charge in [0.1, 0.15) is 6.61 Å². The number of ether oxygens (including phenoxy) is 5. The lowest BCUT2D eigenvalue weighted by atomic mass is 9.95. The molecule has 1 N–H and O–H groups in total. The molecule has 0 bridgehead atoms. The molecule has 2 heterocycles. The number of esters is 1. The van der Waals surface area contributed by atoms with Gasteiger partial charge < -0.3 is 28.8 Å². The van der Waals surface area contributed by atoms with E-state index in [1.165, 1.54) is 43.3 Å². The zero-order valence-corrected chi connectivity index (χ0v) is 29.1. The average Bonchev–Trinajstić information content (AvgIpc) is 3.36. The third-order valence-electron chi connectivity index (χ3n) is 7.35. The van der Waals surface area contributed by atoms with Crippen LogP contribution in [0.15, 0.2) is 75.7 Å². The normalized spacial score (nSPS) is 14.3. The monoisotopic (exact) mass is 770 g/mol. The molecule has 5 rings (SSSR count). The van der Waals surface area contributed by atoms with Gasteiger partial charge in [-0.15, -0.1) is 0 Å². The quantitative estimate of drug-likeness (QED) is 0.170. The van der Waals surface area contributed by atoms with E-state index in [9.17, 15) is 19.5 Å². The summed E-state index contributed by atoms with van der Waals surface area (Å²) in [5, 5.41) is 9.30. The minimum absolute atomic E-state index is 0.129. The van der Waals surface area contributed by atoms with Gasteiger partial charge in [0.15, 0.2) is 27.8 Å². The van der Waals surface area contributed by atoms with Gasteiger partial charge in [-0.1, -0.05) is 29.5 Å². The summed E-state index contributed by atoms with van der Waals surface area (Å²) in [5.41, 5.74) is 2.53. The van der Waals surface area contributed by atoms with Crippen molar-refractivity contribution in [1.82, 2.24) is 4.57 Å². The van der Waals surface area contributed by atoms with E-state index in [2.05, 4.69) is 27.6 Å². The third-order valence-corrected chi connectivity index (χ3v) is 9.13. The number of fused-ring (bicyclic) bond motifs is 1. The summed E-state index contributed by atoms with van der Waals surface area (Å²) < 4.78 is 30.6. The standard InChI is InChI=1S/C34H31IN2O9S/c1-6-45-33(41)28-18(2)36-34-37(29(28)21-10-11-24(42-3)25(16-21)43-4)31(38)27(47-34)15-20-13-23(35)30(26(14-20)44-5)46-17-19-8-7-9-22(12-19)32(39)40/h7-16,29H,6,17H2,1-5H3,(H,39,40)/b27-15-/t29-/m1/s1. The van der Waals surface area contributed by atoms with Gasteiger partial charge in [-0.2, -0.15) is 0 Å². The number of aromatic carboxylic acids is 1. The number of nitrogens with zero attached hydrogens (tertiary/aromatic N) is 2. The molecule has 0 radical (unpaired) electrons. The molecule has 0 aliphatic carbocycles. The second kappa shape index (κ2) is 14.4. The van der Waals surface area contributed by atoms with Crippen LogP contribution in [-0.2, 0) is 16.1 Å². The molecule has 0 saturated carbocycles. The van der Waals surface area contributed by atoms with Crippen LogP contribution in [0.1, 0.15) is 46.9 Å². The van der Waals surface area contributed by atoms with Crippen LogP contribution in [0.3, 0.4) is 0 Å². The Bertz CT molecular complexity index is 2080. The summed E-state index contributed by atoms with van der Waals surface area (Å²) in [6.45, 7) is 3.73. The second-order valence-corrected chi connectivity index (χ2v) is 12.4. The van der Waals surface area contributed by atoms with E-state index in [-0.39, 0.29) is 29.9 Å². The van der Waals surface area contributed by atoms with Crippen molar-refractivity contribution in [1.29, 1.82) is 0 Å². The minimum Gasteiger partial charge on any atom is -0.493 e. The van der Waals surface area contributed by atoms with E-state index in [0.29, 0.717) is 54.7 Å². The maximum Gasteiger partial charge on any atom is 0.338 e. The highest BCUT2D eigenvalue weighted by molar-refractivity contribution is 14.1. The van der Waals surface area contributed by atoms with Gasteiger partial charge in [-0.3, -0.25) is 9.36 Å². The topological polar surface area (TPSA) is 135 Å². The molecule has 0 unspecified atom stereocenters. The van der Waals surface area contributed by atoms with Crippen LogP contribution in [0.4, 0.5) is 0 Å². The van der Waals surface area contributed by atoms with Gasteiger partial charge in [-0.25, -0.2) is 14.6 Å². The highest BCUT2D eigenvalue weighted by Crippen LogP contribution is 2.37. The zero-order chi connectivity index (χ0) is 33.8. The molecule has 244 valence electrons. The Hall–Kier alpha value is -4.63. The molecule has 13 heteroatoms. The van der Waals surface area contributed by atoms with Crippen molar-refractivity contribution < 1.29 is 38.4 Å². The Morgan fingerprint density at radius 2 is 1.77 bits per heavy atom. The molecule has 1 aromatic heterocycles. The minimum atomic E-state index is -1.02. The van der Waals surface area contributed by atoms with Crippen LogP contribution in [-0.4, -0.2) is 49.5 Å². The van der Waals surface area contributed by atoms with Gasteiger partial charge in [0, 0.05) is 0 Å². The summed E-state index contributed by atoms with van der Waals surface area (Å²) >= 11 is 3.33. The average molecular weight is 771 g/mol. The van der Waals surface area contributed by atoms with Crippen LogP contribution in [0, 0.1) is 3.57 Å². The number of methoxy groups -OCH3 is 3. The fourth-order valence-electron chi connectivity index (χ4n) is 5.19. The first kappa shape index (κ1) is 33.7. The lowest BCUT2D eigenvalue weighted by molar-refractivity contribution is -0.139. The van der Waals surface area contributed by atoms with Gasteiger partial charge in [-0.05, 0) is 95.6 Å². The number of aromatic nitrogens is 1. The molecule has 1 aliphatic rings. The van der Waals surface area contributed by atoms with E-state index < -0.39 is 18.0 Å². The molecule has 11 nitrogen and oxygen atoms in total. The number of carbonyl (C=O) groups excluding carboxylic acids is 1. The summed E-state index contributed by atoms with van der Waals surface area (Å²) in [6, 6.07) is 14.5. The lowest BCUT2D eigenvalue weighted by Gasteiger charge is -2.25. The first-order valence-electron chi connectivity index (χ1n) is 14.3. The van der Waals surface area contributed by atoms with Crippen molar-refractivity contribution in [2.75, 3.05) is 27.9 Å². The van der Waals surface area contributed by atoms with Crippen molar-refractivity contribution in [3.05, 3.63) is 111 Å². The van der Waals surface area contributed by atoms with E-state index in [1.807, 2.05) is 6.07 Å². The largest absolute Gasteiger partial charge is 0.493 e. The maximum absolute atomic E-state index is 14.1. The Morgan fingerprint density at radius 3 is 2.45 bits per heavy atom. The number of hydrogen-bond donors (Lipinski definition) is 1. The number of halogens is 1. The molecule has 47 heavy (non-hydrogen) atoms. The predicted molar refractivity (Wildman–Crippen MR) is 183 cm³/mol. The molecule has 3 aromatic carbocycles. The summed E-state index contributed by atoms with van der Waals surface area (Å²) in [5.74, 6) is 0.295. The molecule has 0 fully saturated rings. The molecular formula is C34H31IN2O9S. The van der Waals surface area contributed by atoms with Crippen LogP contribution >= 0.6 is 33.9 Å². The highest BCUT2D eigenvalue weighted by Gasteiger charge is 2.34. The number of allylic oxidation sites excluding steroid dienone is 1. The number of carbonyl (C=O) groups is 2. The zero-order valence-electron chi connectivity index (χ0n) is 26.2. The molecule has 0 amide bonds. The first-order chi connectivity index (χ1) is 22.6. The van der Waals surface area contributed by atoms with Gasteiger partial charge in [0.2, 0.25) is 0 Å². The fraction of sp³-hybridized carbons (Fsp3) is 0.235. The Morgan fingerprint density at radius 1 is 1.02 bits per heavy atom. The third kappa shape index (κ3) is 6.90. The van der Waals surface area contributed by atoms with Crippen molar-refractivity contribution in [2.24, 2.45) is 4.99 Å². The predicted octanol–water partition coefficient (Wildman–Crippen LogP) is 4.71. The Kier molecular flexibility index (Phi) is 10.3. The van der Waals surface area contributed by atoms with E-state index in [1.54, 1.807) is 62.4 Å². The van der Waals surface area contributed by atoms with Gasteiger partial charge in [0.25, 0.3) is 5.56 Å². The van der Waals surface area contributed by atoms with E-state index >= 15 is 0 Å². The van der Waals surface area contributed by atoms with Crippen molar-refractivity contribution in [3.63, 3.8) is 0 Å². The fourth-order valence-corrected chi connectivity index (χ4v) is 7.02. The summed E-state index contributed by atoms with van der Waals surface area (Å²) in [6.07, 6.45) is 1.74. The Labute approximate surface area is 287 Å². The van der Waals surface area contributed by atoms with E-state index in [0.717, 1.165) is 3.57 Å². The van der Waals surface area contributed by atoms with Crippen molar-refractivity contribution >= 4 is 51.9 Å². The molecular weight excluding hydrogens is 739 g/mol. The first-order valence-corrected chi connectivity index (χ1v) is 16.2. The van der Waals surface area contributed by atoms with Crippen LogP contribution in [0.5, 0.6) is 23.0 Å². The SMILES string of the molecule is CCOC(=O)C1=C(C)N=c2s/c(=C\c3cc(I)c(OCc4cccc(C(=O)O)c4)c(OC)c3)c(=O)n2[C@@H]1c1ccc(OC)c(OC)c1. The summed E-state index contributed by atoms with van der Waals surface area (Å²) in [4.78, 5) is 43.8. The smallest absolute Gasteiger partial charge is 0.338 e. The number of hydrogen-bond acceptors (Lipinski definition) is 10. The lowest BCUT2D eigenvalue weighted by Crippen LogP contribution is -2.40. The number of carboxylic acid groups (broad SMARTS) is 1. The number of carboxylic acids is 1. The maximum atomic E-state index is 14.1. The number of rotatable bonds is 11. The Balaban J connectivity index is 1.57. The number of thiazole rings is 1. The summed E-state index contributed by atoms with van der Waals surface area (Å²) in [7, 11) is 4.57. The van der Waals surface area contributed by atoms with Crippen molar-refractivity contribution in [3.8, 4) is 23.0 Å². The molecule has 0 saturated heterocycles. The molecule has 0 spiro atoms. The van der Waals surface area contributed by atoms with Crippen LogP contribution < -0.4 is 33.8 Å². The van der Waals surface area contributed by atoms with E-state index in [4.69, 9.17) is 23.7 Å². The highest BCUT2D eigenvalue weighted by atomic mass is 127. The van der Waals surface area contributed by atoms with Crippen molar-refractivity contribution in [2.45, 2.75) is 26.5 Å². The van der Waals surface area contributed by atoms with Gasteiger partial charge in [0.05, 0.1) is 58.9 Å². The second-order valence-electron chi connectivity index (χ2n) is 10.2. The molecule has 4 aromatic rings. The number of benzene rings is 3. The van der Waals surface area contributed by atoms with Gasteiger partial charge >= 0.3 is 11.9 Å². The molecule has 1 aliphatic heterocycles. The van der Waals surface area contributed by atoms with Crippen LogP contribution in [0.25, 0.3) is 6.08 Å². The van der Waals surface area contributed by atoms with Crippen LogP contribution in [0.2, 0.25) is 0 Å².